The zero-order valence-electron chi connectivity index (χ0n) is 7.31. The largest absolute Gasteiger partial charge is 0.344 e. The van der Waals surface area contributed by atoms with Crippen molar-refractivity contribution in [3.05, 3.63) is 17.7 Å². The zero-order chi connectivity index (χ0) is 8.48. The van der Waals surface area contributed by atoms with Crippen LogP contribution in [0.5, 0.6) is 0 Å². The summed E-state index contributed by atoms with van der Waals surface area (Å²) in [5.74, 6) is 0.856. The maximum absolute atomic E-state index is 5.41. The lowest BCUT2D eigenvalue weighted by atomic mass is 9.93. The van der Waals surface area contributed by atoms with E-state index in [2.05, 4.69) is 30.7 Å². The van der Waals surface area contributed by atoms with Crippen molar-refractivity contribution in [2.45, 2.75) is 32.7 Å². The van der Waals surface area contributed by atoms with E-state index >= 15 is 0 Å². The number of H-pyrrole nitrogens is 1. The molecule has 0 fully saturated rings. The van der Waals surface area contributed by atoms with Crippen LogP contribution in [0.25, 0.3) is 0 Å². The van der Waals surface area contributed by atoms with E-state index in [0.29, 0.717) is 6.54 Å². The van der Waals surface area contributed by atoms with Crippen LogP contribution in [0.3, 0.4) is 0 Å². The summed E-state index contributed by atoms with van der Waals surface area (Å²) in [4.78, 5) is 7.29. The summed E-state index contributed by atoms with van der Waals surface area (Å²) in [6.45, 7) is 6.90. The molecule has 0 aliphatic rings. The van der Waals surface area contributed by atoms with Crippen molar-refractivity contribution in [1.29, 1.82) is 0 Å². The Morgan fingerprint density at radius 2 is 2.18 bits per heavy atom. The van der Waals surface area contributed by atoms with Crippen molar-refractivity contribution >= 4 is 0 Å². The molecule has 1 rings (SSSR count). The second-order valence-electron chi connectivity index (χ2n) is 3.70. The first kappa shape index (κ1) is 8.27. The van der Waals surface area contributed by atoms with Crippen molar-refractivity contribution in [3.63, 3.8) is 0 Å². The Hall–Kier alpha value is -0.830. The Morgan fingerprint density at radius 1 is 1.55 bits per heavy atom. The minimum atomic E-state index is 0.139. The van der Waals surface area contributed by atoms with Gasteiger partial charge < -0.3 is 10.7 Å². The molecule has 0 saturated carbocycles. The molecule has 0 aromatic carbocycles. The first-order valence-electron chi connectivity index (χ1n) is 3.78. The third-order valence-corrected chi connectivity index (χ3v) is 1.63. The molecule has 3 heteroatoms. The van der Waals surface area contributed by atoms with Crippen molar-refractivity contribution in [3.8, 4) is 0 Å². The van der Waals surface area contributed by atoms with Crippen LogP contribution in [0.1, 0.15) is 32.3 Å². The number of hydrogen-bond acceptors (Lipinski definition) is 2. The monoisotopic (exact) mass is 153 g/mol. The van der Waals surface area contributed by atoms with Crippen LogP contribution in [0.15, 0.2) is 6.20 Å². The second-order valence-corrected chi connectivity index (χ2v) is 3.70. The highest BCUT2D eigenvalue weighted by molar-refractivity contribution is 5.10. The molecule has 0 aliphatic carbocycles. The average molecular weight is 153 g/mol. The lowest BCUT2D eigenvalue weighted by Gasteiger charge is -2.14. The Balaban J connectivity index is 2.89. The van der Waals surface area contributed by atoms with E-state index in [9.17, 15) is 0 Å². The molecular weight excluding hydrogens is 138 g/mol. The van der Waals surface area contributed by atoms with Gasteiger partial charge in [0.2, 0.25) is 0 Å². The fourth-order valence-corrected chi connectivity index (χ4v) is 0.847. The minimum absolute atomic E-state index is 0.139. The van der Waals surface area contributed by atoms with E-state index in [1.165, 1.54) is 0 Å². The molecular formula is C8H15N3. The SMILES string of the molecule is CC(C)(C)c1cnc(CN)[nH]1. The summed E-state index contributed by atoms with van der Waals surface area (Å²) >= 11 is 0. The van der Waals surface area contributed by atoms with Crippen LogP contribution in [0.2, 0.25) is 0 Å². The summed E-state index contributed by atoms with van der Waals surface area (Å²) in [6, 6.07) is 0. The van der Waals surface area contributed by atoms with Crippen molar-refractivity contribution in [1.82, 2.24) is 9.97 Å². The summed E-state index contributed by atoms with van der Waals surface area (Å²) in [6.07, 6.45) is 1.85. The molecule has 1 aromatic rings. The van der Waals surface area contributed by atoms with E-state index in [0.717, 1.165) is 11.5 Å². The number of hydrogen-bond donors (Lipinski definition) is 2. The number of aromatic nitrogens is 2. The molecule has 3 N–H and O–H groups in total. The van der Waals surface area contributed by atoms with Gasteiger partial charge in [-0.05, 0) is 0 Å². The Labute approximate surface area is 67.0 Å². The van der Waals surface area contributed by atoms with Crippen molar-refractivity contribution < 1.29 is 0 Å². The first-order chi connectivity index (χ1) is 5.04. The quantitative estimate of drug-likeness (QED) is 0.636. The summed E-state index contributed by atoms with van der Waals surface area (Å²) in [7, 11) is 0. The Kier molecular flexibility index (Phi) is 2.00. The van der Waals surface area contributed by atoms with Crippen molar-refractivity contribution in [2.75, 3.05) is 0 Å². The van der Waals surface area contributed by atoms with Crippen LogP contribution in [0, 0.1) is 0 Å². The van der Waals surface area contributed by atoms with Gasteiger partial charge >= 0.3 is 0 Å². The highest BCUT2D eigenvalue weighted by atomic mass is 14.9. The Bertz CT molecular complexity index is 232. The van der Waals surface area contributed by atoms with Gasteiger partial charge in [-0.2, -0.15) is 0 Å². The van der Waals surface area contributed by atoms with Crippen LogP contribution in [-0.4, -0.2) is 9.97 Å². The molecule has 0 radical (unpaired) electrons. The number of imidazole rings is 1. The molecule has 1 aromatic heterocycles. The number of nitrogens with two attached hydrogens (primary N) is 1. The molecule has 3 nitrogen and oxygen atoms in total. The van der Waals surface area contributed by atoms with E-state index < -0.39 is 0 Å². The molecule has 0 unspecified atom stereocenters. The van der Waals surface area contributed by atoms with Gasteiger partial charge in [0.25, 0.3) is 0 Å². The molecule has 11 heavy (non-hydrogen) atoms. The Morgan fingerprint density at radius 3 is 2.45 bits per heavy atom. The van der Waals surface area contributed by atoms with Crippen molar-refractivity contribution in [2.24, 2.45) is 5.73 Å². The predicted molar refractivity (Wildman–Crippen MR) is 45.2 cm³/mol. The van der Waals surface area contributed by atoms with Gasteiger partial charge in [-0.1, -0.05) is 20.8 Å². The fraction of sp³-hybridized carbons (Fsp3) is 0.625. The molecule has 0 amide bonds. The van der Waals surface area contributed by atoms with Gasteiger partial charge in [0.05, 0.1) is 6.54 Å². The predicted octanol–water partition coefficient (Wildman–Crippen LogP) is 1.17. The van der Waals surface area contributed by atoms with Gasteiger partial charge in [-0.15, -0.1) is 0 Å². The molecule has 62 valence electrons. The van der Waals surface area contributed by atoms with Crippen LogP contribution < -0.4 is 5.73 Å². The zero-order valence-corrected chi connectivity index (χ0v) is 7.31. The van der Waals surface area contributed by atoms with Crippen LogP contribution in [-0.2, 0) is 12.0 Å². The lowest BCUT2D eigenvalue weighted by Crippen LogP contribution is -2.11. The average Bonchev–Trinajstić information content (AvgIpc) is 2.32. The smallest absolute Gasteiger partial charge is 0.120 e. The molecule has 0 atom stereocenters. The fourth-order valence-electron chi connectivity index (χ4n) is 0.847. The topological polar surface area (TPSA) is 54.7 Å². The highest BCUT2D eigenvalue weighted by Crippen LogP contribution is 2.19. The normalized spacial score (nSPS) is 12.0. The summed E-state index contributed by atoms with van der Waals surface area (Å²) in [5, 5.41) is 0. The lowest BCUT2D eigenvalue weighted by molar-refractivity contribution is 0.570. The summed E-state index contributed by atoms with van der Waals surface area (Å²) < 4.78 is 0. The van der Waals surface area contributed by atoms with E-state index in [4.69, 9.17) is 5.73 Å². The number of nitrogens with one attached hydrogen (secondary N) is 1. The minimum Gasteiger partial charge on any atom is -0.344 e. The second kappa shape index (κ2) is 2.66. The summed E-state index contributed by atoms with van der Waals surface area (Å²) in [5.41, 5.74) is 6.69. The highest BCUT2D eigenvalue weighted by Gasteiger charge is 2.15. The molecule has 0 aliphatic heterocycles. The first-order valence-corrected chi connectivity index (χ1v) is 3.78. The number of nitrogens with zero attached hydrogens (tertiary/aromatic N) is 1. The third kappa shape index (κ3) is 1.80. The van der Waals surface area contributed by atoms with Crippen LogP contribution in [0.4, 0.5) is 0 Å². The third-order valence-electron chi connectivity index (χ3n) is 1.63. The van der Waals surface area contributed by atoms with Gasteiger partial charge in [0.15, 0.2) is 0 Å². The van der Waals surface area contributed by atoms with E-state index in [1.54, 1.807) is 0 Å². The molecule has 0 bridgehead atoms. The molecule has 1 heterocycles. The van der Waals surface area contributed by atoms with Gasteiger partial charge in [-0.25, -0.2) is 4.98 Å². The van der Waals surface area contributed by atoms with E-state index in [-0.39, 0.29) is 5.41 Å². The number of aromatic amines is 1. The van der Waals surface area contributed by atoms with E-state index in [1.807, 2.05) is 6.20 Å². The molecule has 0 spiro atoms. The van der Waals surface area contributed by atoms with Gasteiger partial charge in [0.1, 0.15) is 5.82 Å². The molecule has 0 saturated heterocycles. The standard InChI is InChI=1S/C8H15N3/c1-8(2,3)6-5-10-7(4-9)11-6/h5H,4,9H2,1-3H3,(H,10,11). The van der Waals surface area contributed by atoms with Gasteiger partial charge in [-0.3, -0.25) is 0 Å². The maximum atomic E-state index is 5.41. The van der Waals surface area contributed by atoms with Crippen LogP contribution >= 0.6 is 0 Å². The van der Waals surface area contributed by atoms with Gasteiger partial charge in [0, 0.05) is 17.3 Å². The number of rotatable bonds is 1. The maximum Gasteiger partial charge on any atom is 0.120 e.